The third-order valence-corrected chi connectivity index (χ3v) is 3.11. The monoisotopic (exact) mass is 297 g/mol. The van der Waals surface area contributed by atoms with E-state index in [0.717, 1.165) is 5.52 Å². The van der Waals surface area contributed by atoms with Crippen LogP contribution in [-0.4, -0.2) is 29.2 Å². The zero-order valence-corrected chi connectivity index (χ0v) is 12.0. The Kier molecular flexibility index (Phi) is 3.91. The molecule has 0 saturated heterocycles. The Balaban J connectivity index is 1.62. The van der Waals surface area contributed by atoms with Gasteiger partial charge in [0.25, 0.3) is 5.91 Å². The third kappa shape index (κ3) is 3.01. The lowest BCUT2D eigenvalue weighted by atomic mass is 10.3. The van der Waals surface area contributed by atoms with E-state index in [2.05, 4.69) is 10.4 Å². The molecule has 1 N–H and O–H groups in total. The van der Waals surface area contributed by atoms with Crippen molar-refractivity contribution in [2.45, 2.75) is 0 Å². The predicted octanol–water partition coefficient (Wildman–Crippen LogP) is 2.36. The minimum absolute atomic E-state index is 0.0924. The molecular weight excluding hydrogens is 282 g/mol. The molecular formula is C16H15N3O3. The van der Waals surface area contributed by atoms with E-state index < -0.39 is 0 Å². The Morgan fingerprint density at radius 1 is 1.23 bits per heavy atom. The third-order valence-electron chi connectivity index (χ3n) is 3.11. The van der Waals surface area contributed by atoms with Crippen molar-refractivity contribution in [2.75, 3.05) is 19.0 Å². The van der Waals surface area contributed by atoms with Crippen LogP contribution in [0.4, 0.5) is 5.69 Å². The van der Waals surface area contributed by atoms with Gasteiger partial charge in [-0.3, -0.25) is 4.79 Å². The molecule has 0 aliphatic rings. The van der Waals surface area contributed by atoms with Gasteiger partial charge in [-0.2, -0.15) is 5.10 Å². The highest BCUT2D eigenvalue weighted by Gasteiger charge is 2.07. The second-order valence-corrected chi connectivity index (χ2v) is 4.60. The lowest BCUT2D eigenvalue weighted by Crippen LogP contribution is -2.20. The van der Waals surface area contributed by atoms with Crippen LogP contribution in [0.15, 0.2) is 54.9 Å². The molecule has 0 radical (unpaired) electrons. The van der Waals surface area contributed by atoms with Gasteiger partial charge in [0.1, 0.15) is 0 Å². The standard InChI is InChI=1S/C16H15N3O3/c1-21-14-4-2-3-5-15(14)22-11-16(20)18-12-7-9-19-13(10-12)6-8-17-19/h2-10H,11H2,1H3,(H,18,20). The number of hydrogen-bond acceptors (Lipinski definition) is 4. The second kappa shape index (κ2) is 6.17. The number of ether oxygens (including phenoxy) is 2. The summed E-state index contributed by atoms with van der Waals surface area (Å²) >= 11 is 0. The maximum atomic E-state index is 12.0. The number of carbonyl (C=O) groups excluding carboxylic acids is 1. The van der Waals surface area contributed by atoms with Gasteiger partial charge in [0.15, 0.2) is 18.1 Å². The van der Waals surface area contributed by atoms with E-state index in [1.807, 2.05) is 24.3 Å². The summed E-state index contributed by atoms with van der Waals surface area (Å²) in [5, 5.41) is 6.89. The number of rotatable bonds is 5. The minimum Gasteiger partial charge on any atom is -0.493 e. The predicted molar refractivity (Wildman–Crippen MR) is 82.3 cm³/mol. The molecule has 1 aromatic carbocycles. The molecule has 0 aliphatic heterocycles. The van der Waals surface area contributed by atoms with Crippen molar-refractivity contribution in [3.05, 3.63) is 54.9 Å². The van der Waals surface area contributed by atoms with Crippen LogP contribution in [0, 0.1) is 0 Å². The van der Waals surface area contributed by atoms with Gasteiger partial charge in [-0.05, 0) is 30.3 Å². The van der Waals surface area contributed by atoms with Crippen molar-refractivity contribution in [3.63, 3.8) is 0 Å². The van der Waals surface area contributed by atoms with Gasteiger partial charge in [-0.15, -0.1) is 0 Å². The zero-order valence-electron chi connectivity index (χ0n) is 12.0. The van der Waals surface area contributed by atoms with Crippen LogP contribution >= 0.6 is 0 Å². The van der Waals surface area contributed by atoms with Crippen molar-refractivity contribution < 1.29 is 14.3 Å². The first-order chi connectivity index (χ1) is 10.8. The minimum atomic E-state index is -0.241. The quantitative estimate of drug-likeness (QED) is 0.785. The number of pyridine rings is 1. The van der Waals surface area contributed by atoms with Crippen LogP contribution in [0.2, 0.25) is 0 Å². The van der Waals surface area contributed by atoms with Gasteiger partial charge in [-0.1, -0.05) is 12.1 Å². The molecule has 1 amide bonds. The van der Waals surface area contributed by atoms with Crippen molar-refractivity contribution in [2.24, 2.45) is 0 Å². The molecule has 6 heteroatoms. The van der Waals surface area contributed by atoms with Crippen LogP contribution in [0.1, 0.15) is 0 Å². The normalized spacial score (nSPS) is 10.4. The Morgan fingerprint density at radius 3 is 2.86 bits per heavy atom. The number of nitrogens with zero attached hydrogens (tertiary/aromatic N) is 2. The molecule has 0 unspecified atom stereocenters. The fraction of sp³-hybridized carbons (Fsp3) is 0.125. The summed E-state index contributed by atoms with van der Waals surface area (Å²) in [7, 11) is 1.56. The van der Waals surface area contributed by atoms with E-state index in [-0.39, 0.29) is 12.5 Å². The first kappa shape index (κ1) is 13.9. The number of hydrogen-bond donors (Lipinski definition) is 1. The smallest absolute Gasteiger partial charge is 0.262 e. The number of aromatic nitrogens is 2. The number of methoxy groups -OCH3 is 1. The molecule has 2 aromatic heterocycles. The Morgan fingerprint density at radius 2 is 2.05 bits per heavy atom. The highest BCUT2D eigenvalue weighted by Crippen LogP contribution is 2.25. The Labute approximate surface area is 127 Å². The molecule has 0 atom stereocenters. The molecule has 22 heavy (non-hydrogen) atoms. The number of benzene rings is 1. The average molecular weight is 297 g/mol. The zero-order chi connectivity index (χ0) is 15.4. The number of para-hydroxylation sites is 2. The molecule has 112 valence electrons. The lowest BCUT2D eigenvalue weighted by Gasteiger charge is -2.10. The topological polar surface area (TPSA) is 64.9 Å². The Hall–Kier alpha value is -3.02. The summed E-state index contributed by atoms with van der Waals surface area (Å²) in [5.41, 5.74) is 1.60. The fourth-order valence-corrected chi connectivity index (χ4v) is 2.08. The number of anilines is 1. The van der Waals surface area contributed by atoms with Crippen LogP contribution in [-0.2, 0) is 4.79 Å². The molecule has 3 rings (SSSR count). The SMILES string of the molecule is COc1ccccc1OCC(=O)Nc1ccn2nccc2c1. The fourth-order valence-electron chi connectivity index (χ4n) is 2.08. The summed E-state index contributed by atoms with van der Waals surface area (Å²) in [4.78, 5) is 12.0. The summed E-state index contributed by atoms with van der Waals surface area (Å²) in [6.07, 6.45) is 3.48. The molecule has 0 bridgehead atoms. The van der Waals surface area contributed by atoms with Gasteiger partial charge in [0.05, 0.1) is 12.6 Å². The van der Waals surface area contributed by atoms with Crippen LogP contribution in [0.5, 0.6) is 11.5 Å². The average Bonchev–Trinajstić information content (AvgIpc) is 3.01. The Bertz CT molecular complexity index is 798. The van der Waals surface area contributed by atoms with Gasteiger partial charge in [0.2, 0.25) is 0 Å². The molecule has 0 fully saturated rings. The molecule has 0 spiro atoms. The number of nitrogens with one attached hydrogen (secondary N) is 1. The first-order valence-electron chi connectivity index (χ1n) is 6.75. The van der Waals surface area contributed by atoms with Crippen molar-refractivity contribution in [3.8, 4) is 11.5 Å². The summed E-state index contributed by atoms with van der Waals surface area (Å²) in [6, 6.07) is 12.7. The second-order valence-electron chi connectivity index (χ2n) is 4.60. The largest absolute Gasteiger partial charge is 0.493 e. The lowest BCUT2D eigenvalue weighted by molar-refractivity contribution is -0.118. The molecule has 0 saturated carbocycles. The van der Waals surface area contributed by atoms with E-state index in [4.69, 9.17) is 9.47 Å². The van der Waals surface area contributed by atoms with Crippen molar-refractivity contribution in [1.82, 2.24) is 9.61 Å². The highest BCUT2D eigenvalue weighted by atomic mass is 16.5. The van der Waals surface area contributed by atoms with E-state index in [1.54, 1.807) is 42.2 Å². The van der Waals surface area contributed by atoms with Gasteiger partial charge >= 0.3 is 0 Å². The van der Waals surface area contributed by atoms with E-state index in [9.17, 15) is 4.79 Å². The summed E-state index contributed by atoms with van der Waals surface area (Å²) < 4.78 is 12.4. The van der Waals surface area contributed by atoms with Gasteiger partial charge in [-0.25, -0.2) is 4.52 Å². The first-order valence-corrected chi connectivity index (χ1v) is 6.75. The van der Waals surface area contributed by atoms with Crippen LogP contribution < -0.4 is 14.8 Å². The maximum absolute atomic E-state index is 12.0. The molecule has 6 nitrogen and oxygen atoms in total. The number of carbonyl (C=O) groups is 1. The van der Waals surface area contributed by atoms with Crippen molar-refractivity contribution in [1.29, 1.82) is 0 Å². The summed E-state index contributed by atoms with van der Waals surface area (Å²) in [6.45, 7) is -0.0924. The van der Waals surface area contributed by atoms with E-state index in [0.29, 0.717) is 17.2 Å². The number of fused-ring (bicyclic) bond motifs is 1. The highest BCUT2D eigenvalue weighted by molar-refractivity contribution is 5.92. The van der Waals surface area contributed by atoms with Crippen LogP contribution in [0.25, 0.3) is 5.52 Å². The van der Waals surface area contributed by atoms with Crippen molar-refractivity contribution >= 4 is 17.1 Å². The van der Waals surface area contributed by atoms with Gasteiger partial charge in [0, 0.05) is 18.1 Å². The van der Waals surface area contributed by atoms with Gasteiger partial charge < -0.3 is 14.8 Å². The molecule has 3 aromatic rings. The molecule has 0 aliphatic carbocycles. The number of amides is 1. The van der Waals surface area contributed by atoms with Crippen LogP contribution in [0.3, 0.4) is 0 Å². The maximum Gasteiger partial charge on any atom is 0.262 e. The molecule has 2 heterocycles. The van der Waals surface area contributed by atoms with E-state index >= 15 is 0 Å². The summed E-state index contributed by atoms with van der Waals surface area (Å²) in [5.74, 6) is 0.886. The van der Waals surface area contributed by atoms with E-state index in [1.165, 1.54) is 0 Å².